The van der Waals surface area contributed by atoms with Crippen LogP contribution in [0.2, 0.25) is 0 Å². The lowest BCUT2D eigenvalue weighted by molar-refractivity contribution is 0.0892. The van der Waals surface area contributed by atoms with E-state index in [9.17, 15) is 9.59 Å². The Kier molecular flexibility index (Phi) is 3.61. The minimum atomic E-state index is -0.216. The lowest BCUT2D eigenvalue weighted by Crippen LogP contribution is -2.18. The second kappa shape index (κ2) is 4.75. The highest BCUT2D eigenvalue weighted by Crippen LogP contribution is 2.21. The molecule has 0 fully saturated rings. The third-order valence-corrected chi connectivity index (χ3v) is 2.22. The van der Waals surface area contributed by atoms with E-state index in [2.05, 4.69) is 0 Å². The fraction of sp³-hybridized carbons (Fsp3) is 0.231. The van der Waals surface area contributed by atoms with Gasteiger partial charge in [-0.15, -0.1) is 0 Å². The van der Waals surface area contributed by atoms with Crippen molar-refractivity contribution >= 4 is 11.6 Å². The molecule has 0 spiro atoms. The average Bonchev–Trinajstić information content (AvgIpc) is 2.26. The van der Waals surface area contributed by atoms with E-state index >= 15 is 0 Å². The van der Waals surface area contributed by atoms with E-state index in [1.54, 1.807) is 31.2 Å². The molecule has 0 aromatic heterocycles. The molecule has 1 aromatic carbocycles. The van der Waals surface area contributed by atoms with E-state index in [1.807, 2.05) is 0 Å². The fourth-order valence-corrected chi connectivity index (χ4v) is 1.55. The smallest absolute Gasteiger partial charge is 0.228 e. The maximum Gasteiger partial charge on any atom is 0.228 e. The van der Waals surface area contributed by atoms with Gasteiger partial charge in [-0.3, -0.25) is 9.59 Å². The molecule has 16 heavy (non-hydrogen) atoms. The molecule has 0 saturated heterocycles. The van der Waals surface area contributed by atoms with Crippen LogP contribution in [-0.2, 0) is 4.74 Å². The highest BCUT2D eigenvalue weighted by Gasteiger charge is 2.25. The maximum atomic E-state index is 11.8. The molecule has 0 unspecified atom stereocenters. The quantitative estimate of drug-likeness (QED) is 0.766. The van der Waals surface area contributed by atoms with Gasteiger partial charge >= 0.3 is 0 Å². The van der Waals surface area contributed by atoms with Crippen molar-refractivity contribution in [2.45, 2.75) is 14.4 Å². The van der Waals surface area contributed by atoms with Crippen LogP contribution in [0.1, 0.15) is 35.1 Å². The number of ether oxygens (including phenoxy) is 1. The number of rotatable bonds is 2. The standard InChI is InChI=1S/C12H10O3.CH4/c1-2-15-11-7-10(13)8-5-3-4-6-9(8)12(11)14;/h3-7H,2H2,1H3;1H4. The number of ketones is 2. The first-order valence-corrected chi connectivity index (χ1v) is 4.76. The number of carbonyl (C=O) groups is 2. The van der Waals surface area contributed by atoms with Crippen LogP contribution in [0.3, 0.4) is 0 Å². The fourth-order valence-electron chi connectivity index (χ4n) is 1.55. The van der Waals surface area contributed by atoms with Crippen molar-refractivity contribution in [2.75, 3.05) is 6.61 Å². The molecule has 1 aliphatic rings. The third kappa shape index (κ3) is 1.89. The first-order valence-electron chi connectivity index (χ1n) is 4.76. The predicted octanol–water partition coefficient (Wildman–Crippen LogP) is 2.62. The van der Waals surface area contributed by atoms with Crippen LogP contribution in [0.4, 0.5) is 0 Å². The van der Waals surface area contributed by atoms with Gasteiger partial charge in [-0.05, 0) is 6.92 Å². The van der Waals surface area contributed by atoms with Crippen LogP contribution in [0.5, 0.6) is 0 Å². The van der Waals surface area contributed by atoms with Gasteiger partial charge in [0.15, 0.2) is 11.5 Å². The minimum Gasteiger partial charge on any atom is -0.490 e. The number of hydrogen-bond acceptors (Lipinski definition) is 3. The molecule has 1 aliphatic carbocycles. The zero-order valence-electron chi connectivity index (χ0n) is 8.32. The number of Topliss-reactive ketones (excluding diaryl/α,β-unsaturated/α-hetero) is 1. The Morgan fingerprint density at radius 1 is 1.12 bits per heavy atom. The van der Waals surface area contributed by atoms with Crippen LogP contribution in [0.25, 0.3) is 0 Å². The molecule has 3 heteroatoms. The van der Waals surface area contributed by atoms with Crippen LogP contribution in [0, 0.1) is 0 Å². The normalized spacial score (nSPS) is 13.7. The van der Waals surface area contributed by atoms with E-state index in [-0.39, 0.29) is 24.8 Å². The molecular formula is C13H14O3. The number of carbonyl (C=O) groups excluding carboxylic acids is 2. The lowest BCUT2D eigenvalue weighted by Gasteiger charge is -2.14. The summed E-state index contributed by atoms with van der Waals surface area (Å²) in [5, 5.41) is 0. The molecule has 0 saturated carbocycles. The molecule has 0 N–H and O–H groups in total. The summed E-state index contributed by atoms with van der Waals surface area (Å²) in [4.78, 5) is 23.4. The SMILES string of the molecule is C.CCOC1=CC(=O)c2ccccc2C1=O. The van der Waals surface area contributed by atoms with Gasteiger partial charge in [0.25, 0.3) is 0 Å². The molecule has 0 aliphatic heterocycles. The Bertz CT molecular complexity index is 458. The van der Waals surface area contributed by atoms with Crippen LogP contribution >= 0.6 is 0 Å². The van der Waals surface area contributed by atoms with Crippen LogP contribution < -0.4 is 0 Å². The van der Waals surface area contributed by atoms with Gasteiger partial charge in [-0.1, -0.05) is 31.7 Å². The van der Waals surface area contributed by atoms with Crippen molar-refractivity contribution in [3.8, 4) is 0 Å². The number of benzene rings is 1. The average molecular weight is 218 g/mol. The molecule has 0 atom stereocenters. The van der Waals surface area contributed by atoms with E-state index < -0.39 is 0 Å². The first-order chi connectivity index (χ1) is 7.24. The summed E-state index contributed by atoms with van der Waals surface area (Å²) in [5.74, 6) is -0.248. The lowest BCUT2D eigenvalue weighted by atomic mass is 9.94. The van der Waals surface area contributed by atoms with Crippen molar-refractivity contribution in [1.82, 2.24) is 0 Å². The maximum absolute atomic E-state index is 11.8. The first kappa shape index (κ1) is 12.2. The molecule has 0 radical (unpaired) electrons. The monoisotopic (exact) mass is 218 g/mol. The van der Waals surface area contributed by atoms with Gasteiger partial charge in [0.1, 0.15) is 0 Å². The summed E-state index contributed by atoms with van der Waals surface area (Å²) >= 11 is 0. The summed E-state index contributed by atoms with van der Waals surface area (Å²) in [6, 6.07) is 6.76. The third-order valence-electron chi connectivity index (χ3n) is 2.22. The second-order valence-electron chi connectivity index (χ2n) is 3.18. The number of hydrogen-bond donors (Lipinski definition) is 0. The zero-order valence-corrected chi connectivity index (χ0v) is 8.32. The highest BCUT2D eigenvalue weighted by atomic mass is 16.5. The van der Waals surface area contributed by atoms with E-state index in [1.165, 1.54) is 6.08 Å². The minimum absolute atomic E-state index is 0. The summed E-state index contributed by atoms with van der Waals surface area (Å²) < 4.78 is 5.11. The Morgan fingerprint density at radius 2 is 1.75 bits per heavy atom. The van der Waals surface area contributed by atoms with E-state index in [0.29, 0.717) is 17.7 Å². The molecule has 0 bridgehead atoms. The topological polar surface area (TPSA) is 43.4 Å². The zero-order chi connectivity index (χ0) is 10.8. The van der Waals surface area contributed by atoms with Crippen LogP contribution in [0.15, 0.2) is 36.1 Å². The summed E-state index contributed by atoms with van der Waals surface area (Å²) in [5.41, 5.74) is 0.874. The molecule has 0 heterocycles. The highest BCUT2D eigenvalue weighted by molar-refractivity contribution is 6.23. The van der Waals surface area contributed by atoms with Gasteiger partial charge in [0.05, 0.1) is 6.61 Å². The summed E-state index contributed by atoms with van der Waals surface area (Å²) in [6.45, 7) is 2.16. The Balaban J connectivity index is 0.00000128. The molecular weight excluding hydrogens is 204 g/mol. The van der Waals surface area contributed by atoms with Gasteiger partial charge < -0.3 is 4.74 Å². The number of fused-ring (bicyclic) bond motifs is 1. The van der Waals surface area contributed by atoms with E-state index in [0.717, 1.165) is 0 Å². The van der Waals surface area contributed by atoms with Crippen molar-refractivity contribution in [1.29, 1.82) is 0 Å². The van der Waals surface area contributed by atoms with Crippen molar-refractivity contribution < 1.29 is 14.3 Å². The Morgan fingerprint density at radius 3 is 2.38 bits per heavy atom. The van der Waals surface area contributed by atoms with Crippen molar-refractivity contribution in [3.05, 3.63) is 47.2 Å². The largest absolute Gasteiger partial charge is 0.490 e. The van der Waals surface area contributed by atoms with Gasteiger partial charge in [-0.25, -0.2) is 0 Å². The summed E-state index contributed by atoms with van der Waals surface area (Å²) in [7, 11) is 0. The Labute approximate surface area is 94.7 Å². The van der Waals surface area contributed by atoms with Crippen molar-refractivity contribution in [2.24, 2.45) is 0 Å². The molecule has 2 rings (SSSR count). The number of allylic oxidation sites excluding steroid dienone is 2. The van der Waals surface area contributed by atoms with Gasteiger partial charge in [0, 0.05) is 17.2 Å². The summed E-state index contributed by atoms with van der Waals surface area (Å²) in [6.07, 6.45) is 1.26. The molecule has 84 valence electrons. The van der Waals surface area contributed by atoms with Crippen molar-refractivity contribution in [3.63, 3.8) is 0 Å². The van der Waals surface area contributed by atoms with Gasteiger partial charge in [-0.2, -0.15) is 0 Å². The van der Waals surface area contributed by atoms with Gasteiger partial charge in [0.2, 0.25) is 5.78 Å². The second-order valence-corrected chi connectivity index (χ2v) is 3.18. The van der Waals surface area contributed by atoms with E-state index in [4.69, 9.17) is 4.74 Å². The Hall–Kier alpha value is -1.90. The molecule has 3 nitrogen and oxygen atoms in total. The molecule has 0 amide bonds. The molecule has 1 aromatic rings. The van der Waals surface area contributed by atoms with Crippen LogP contribution in [-0.4, -0.2) is 18.2 Å². The predicted molar refractivity (Wildman–Crippen MR) is 61.5 cm³/mol.